The van der Waals surface area contributed by atoms with Crippen molar-refractivity contribution >= 4 is 35.3 Å². The molecular weight excluding hydrogens is 424 g/mol. The van der Waals surface area contributed by atoms with Crippen molar-refractivity contribution in [3.63, 3.8) is 0 Å². The van der Waals surface area contributed by atoms with Crippen molar-refractivity contribution in [3.8, 4) is 0 Å². The van der Waals surface area contributed by atoms with E-state index < -0.39 is 0 Å². The SMILES string of the molecule is CC1=CC(Nc2nc(Sc3ccc(CC(=O)C4CC4)cc3)nc(N3CCOCC3)n2)=NC1. The Morgan fingerprint density at radius 2 is 1.94 bits per heavy atom. The molecule has 2 fully saturated rings. The largest absolute Gasteiger partial charge is 0.378 e. The molecular formula is C23H26N6O2S. The summed E-state index contributed by atoms with van der Waals surface area (Å²) in [5, 5.41) is 3.84. The van der Waals surface area contributed by atoms with Crippen molar-refractivity contribution in [2.75, 3.05) is 43.1 Å². The smallest absolute Gasteiger partial charge is 0.234 e. The predicted octanol–water partition coefficient (Wildman–Crippen LogP) is 3.15. The molecule has 0 radical (unpaired) electrons. The van der Waals surface area contributed by atoms with Gasteiger partial charge in [-0.05, 0) is 60.9 Å². The summed E-state index contributed by atoms with van der Waals surface area (Å²) in [5.41, 5.74) is 2.25. The topological polar surface area (TPSA) is 92.6 Å². The predicted molar refractivity (Wildman–Crippen MR) is 125 cm³/mol. The Kier molecular flexibility index (Phi) is 6.18. The third kappa shape index (κ3) is 5.34. The van der Waals surface area contributed by atoms with Crippen LogP contribution in [0.25, 0.3) is 0 Å². The molecule has 0 atom stereocenters. The van der Waals surface area contributed by atoms with Crippen LogP contribution >= 0.6 is 11.8 Å². The molecule has 1 aromatic carbocycles. The molecule has 1 N–H and O–H groups in total. The second-order valence-corrected chi connectivity index (χ2v) is 9.36. The van der Waals surface area contributed by atoms with Crippen molar-refractivity contribution in [2.45, 2.75) is 36.2 Å². The average molecular weight is 451 g/mol. The van der Waals surface area contributed by atoms with Crippen LogP contribution in [0.15, 0.2) is 51.0 Å². The van der Waals surface area contributed by atoms with Gasteiger partial charge >= 0.3 is 0 Å². The molecule has 32 heavy (non-hydrogen) atoms. The lowest BCUT2D eigenvalue weighted by molar-refractivity contribution is -0.119. The van der Waals surface area contributed by atoms with Crippen LogP contribution in [-0.2, 0) is 16.0 Å². The highest BCUT2D eigenvalue weighted by Crippen LogP contribution is 2.32. The monoisotopic (exact) mass is 450 g/mol. The molecule has 1 saturated heterocycles. The molecule has 0 spiro atoms. The summed E-state index contributed by atoms with van der Waals surface area (Å²) in [7, 11) is 0. The van der Waals surface area contributed by atoms with Gasteiger partial charge in [-0.2, -0.15) is 15.0 Å². The first-order valence-corrected chi connectivity index (χ1v) is 11.8. The molecule has 2 aromatic rings. The van der Waals surface area contributed by atoms with E-state index in [1.54, 1.807) is 0 Å². The third-order valence-corrected chi connectivity index (χ3v) is 6.44. The summed E-state index contributed by atoms with van der Waals surface area (Å²) in [4.78, 5) is 33.6. The second-order valence-electron chi connectivity index (χ2n) is 8.32. The van der Waals surface area contributed by atoms with Gasteiger partial charge < -0.3 is 15.0 Å². The Morgan fingerprint density at radius 3 is 2.62 bits per heavy atom. The molecule has 0 unspecified atom stereocenters. The normalized spacial score (nSPS) is 18.3. The fourth-order valence-corrected chi connectivity index (χ4v) is 4.35. The van der Waals surface area contributed by atoms with Crippen LogP contribution in [-0.4, -0.2) is 59.4 Å². The fourth-order valence-electron chi connectivity index (χ4n) is 3.61. The molecule has 166 valence electrons. The van der Waals surface area contributed by atoms with E-state index in [0.29, 0.717) is 54.9 Å². The number of aliphatic imine (C=N–C) groups is 1. The van der Waals surface area contributed by atoms with E-state index in [1.807, 2.05) is 37.3 Å². The van der Waals surface area contributed by atoms with Gasteiger partial charge in [-0.25, -0.2) is 0 Å². The summed E-state index contributed by atoms with van der Waals surface area (Å²) in [6.07, 6.45) is 4.63. The number of carbonyl (C=O) groups is 1. The lowest BCUT2D eigenvalue weighted by Crippen LogP contribution is -2.37. The summed E-state index contributed by atoms with van der Waals surface area (Å²) >= 11 is 1.48. The number of nitrogens with zero attached hydrogens (tertiary/aromatic N) is 5. The highest BCUT2D eigenvalue weighted by atomic mass is 32.2. The molecule has 0 bridgehead atoms. The summed E-state index contributed by atoms with van der Waals surface area (Å²) < 4.78 is 5.47. The van der Waals surface area contributed by atoms with E-state index in [1.165, 1.54) is 17.3 Å². The molecule has 3 aliphatic rings. The molecule has 9 heteroatoms. The van der Waals surface area contributed by atoms with Gasteiger partial charge in [0.25, 0.3) is 0 Å². The molecule has 8 nitrogen and oxygen atoms in total. The number of morpholine rings is 1. The number of Topliss-reactive ketones (excluding diaryl/α,β-unsaturated/α-hetero) is 1. The maximum Gasteiger partial charge on any atom is 0.234 e. The molecule has 1 aromatic heterocycles. The number of benzene rings is 1. The van der Waals surface area contributed by atoms with E-state index >= 15 is 0 Å². The standard InChI is InChI=1S/C23H26N6O2S/c1-15-12-20(24-14-15)25-21-26-22(29-8-10-31-11-9-29)28-23(27-21)32-18-6-2-16(3-7-18)13-19(30)17-4-5-17/h2-3,6-7,12,17H,4-5,8-11,13-14H2,1H3,(H,24,25,26,27,28). The van der Waals surface area contributed by atoms with Gasteiger partial charge in [-0.1, -0.05) is 12.1 Å². The number of carbonyl (C=O) groups excluding carboxylic acids is 1. The molecule has 2 aliphatic heterocycles. The average Bonchev–Trinajstić information content (AvgIpc) is 3.58. The van der Waals surface area contributed by atoms with Crippen LogP contribution in [0.1, 0.15) is 25.3 Å². The highest BCUT2D eigenvalue weighted by Gasteiger charge is 2.29. The van der Waals surface area contributed by atoms with E-state index in [9.17, 15) is 4.79 Å². The van der Waals surface area contributed by atoms with Crippen molar-refractivity contribution in [1.29, 1.82) is 0 Å². The second kappa shape index (κ2) is 9.38. The van der Waals surface area contributed by atoms with Gasteiger partial charge in [0.15, 0.2) is 5.16 Å². The Labute approximate surface area is 191 Å². The van der Waals surface area contributed by atoms with E-state index in [-0.39, 0.29) is 0 Å². The van der Waals surface area contributed by atoms with Crippen LogP contribution in [0.3, 0.4) is 0 Å². The Hall–Kier alpha value is -2.78. The van der Waals surface area contributed by atoms with Gasteiger partial charge in [0.05, 0.1) is 19.8 Å². The number of rotatable bonds is 7. The Bertz CT molecular complexity index is 1060. The number of ether oxygens (including phenoxy) is 1. The molecule has 1 aliphatic carbocycles. The maximum absolute atomic E-state index is 12.1. The first-order valence-electron chi connectivity index (χ1n) is 11.0. The number of anilines is 2. The van der Waals surface area contributed by atoms with Crippen molar-refractivity contribution < 1.29 is 9.53 Å². The van der Waals surface area contributed by atoms with Gasteiger partial charge in [-0.3, -0.25) is 9.79 Å². The van der Waals surface area contributed by atoms with Crippen LogP contribution in [0, 0.1) is 5.92 Å². The molecule has 3 heterocycles. The number of amidine groups is 1. The number of ketones is 1. The van der Waals surface area contributed by atoms with Gasteiger partial charge in [0.2, 0.25) is 11.9 Å². The quantitative estimate of drug-likeness (QED) is 0.688. The lowest BCUT2D eigenvalue weighted by Gasteiger charge is -2.27. The van der Waals surface area contributed by atoms with Crippen LogP contribution in [0.4, 0.5) is 11.9 Å². The van der Waals surface area contributed by atoms with Gasteiger partial charge in [0.1, 0.15) is 11.6 Å². The molecule has 1 saturated carbocycles. The minimum Gasteiger partial charge on any atom is -0.378 e. The van der Waals surface area contributed by atoms with Crippen LogP contribution in [0.5, 0.6) is 0 Å². The van der Waals surface area contributed by atoms with E-state index in [0.717, 1.165) is 42.2 Å². The fraction of sp³-hybridized carbons (Fsp3) is 0.435. The Balaban J connectivity index is 1.34. The summed E-state index contributed by atoms with van der Waals surface area (Å²) in [5.74, 6) is 2.54. The minimum atomic E-state index is 0.293. The van der Waals surface area contributed by atoms with E-state index in [2.05, 4.69) is 25.2 Å². The van der Waals surface area contributed by atoms with Crippen LogP contribution in [0.2, 0.25) is 0 Å². The number of hydrogen-bond donors (Lipinski definition) is 1. The number of aromatic nitrogens is 3. The number of hydrogen-bond acceptors (Lipinski definition) is 9. The van der Waals surface area contributed by atoms with Crippen molar-refractivity contribution in [1.82, 2.24) is 15.0 Å². The maximum atomic E-state index is 12.1. The van der Waals surface area contributed by atoms with Crippen molar-refractivity contribution in [3.05, 3.63) is 41.5 Å². The van der Waals surface area contributed by atoms with Gasteiger partial charge in [0, 0.05) is 30.3 Å². The number of nitrogens with one attached hydrogen (secondary N) is 1. The van der Waals surface area contributed by atoms with Crippen LogP contribution < -0.4 is 10.2 Å². The zero-order chi connectivity index (χ0) is 21.9. The third-order valence-electron chi connectivity index (χ3n) is 5.56. The molecule has 5 rings (SSSR count). The van der Waals surface area contributed by atoms with Crippen molar-refractivity contribution in [2.24, 2.45) is 10.9 Å². The highest BCUT2D eigenvalue weighted by molar-refractivity contribution is 7.99. The molecule has 0 amide bonds. The zero-order valence-electron chi connectivity index (χ0n) is 18.1. The van der Waals surface area contributed by atoms with Gasteiger partial charge in [-0.15, -0.1) is 0 Å². The van der Waals surface area contributed by atoms with E-state index in [4.69, 9.17) is 9.72 Å². The summed E-state index contributed by atoms with van der Waals surface area (Å²) in [6.45, 7) is 5.56. The summed E-state index contributed by atoms with van der Waals surface area (Å²) in [6, 6.07) is 8.09. The Morgan fingerprint density at radius 1 is 1.16 bits per heavy atom. The first kappa shape index (κ1) is 21.1. The lowest BCUT2D eigenvalue weighted by atomic mass is 10.1. The first-order chi connectivity index (χ1) is 15.6. The zero-order valence-corrected chi connectivity index (χ0v) is 18.9. The minimum absolute atomic E-state index is 0.293.